The lowest BCUT2D eigenvalue weighted by atomic mass is 10.1. The van der Waals surface area contributed by atoms with Crippen LogP contribution in [-0.4, -0.2) is 60.3 Å². The standard InChI is InChI=1S/C12H19N2O10P/c1-6(2)23-12(5-22-25(19,20)21)9(17)8(16)10(24-12)14-4-3-7(15)13-11(14)18/h3-4,6,8-10,16-17H,5H2,1-2H3,(H,13,15,18)(H2,19,20,21)/t8-,9+,10-,12-/m1/s1. The van der Waals surface area contributed by atoms with E-state index < -0.39 is 56.0 Å². The van der Waals surface area contributed by atoms with Crippen LogP contribution in [-0.2, 0) is 18.6 Å². The van der Waals surface area contributed by atoms with Crippen molar-refractivity contribution in [2.24, 2.45) is 0 Å². The molecule has 0 amide bonds. The molecule has 1 aliphatic rings. The van der Waals surface area contributed by atoms with Crippen LogP contribution in [0.2, 0.25) is 0 Å². The number of nitrogens with zero attached hydrogens (tertiary/aromatic N) is 1. The Kier molecular flexibility index (Phi) is 5.66. The van der Waals surface area contributed by atoms with Gasteiger partial charge in [0.1, 0.15) is 18.8 Å². The highest BCUT2D eigenvalue weighted by Gasteiger charge is 2.57. The van der Waals surface area contributed by atoms with Crippen molar-refractivity contribution in [1.82, 2.24) is 9.55 Å². The fourth-order valence-corrected chi connectivity index (χ4v) is 2.78. The molecule has 0 bridgehead atoms. The van der Waals surface area contributed by atoms with Crippen LogP contribution in [0.15, 0.2) is 21.9 Å². The summed E-state index contributed by atoms with van der Waals surface area (Å²) in [5, 5.41) is 20.5. The number of aromatic amines is 1. The van der Waals surface area contributed by atoms with E-state index in [2.05, 4.69) is 4.52 Å². The molecule has 0 aliphatic carbocycles. The zero-order valence-electron chi connectivity index (χ0n) is 13.3. The van der Waals surface area contributed by atoms with E-state index in [1.54, 1.807) is 13.8 Å². The van der Waals surface area contributed by atoms with Gasteiger partial charge in [0.25, 0.3) is 5.56 Å². The van der Waals surface area contributed by atoms with Gasteiger partial charge in [-0.25, -0.2) is 9.36 Å². The first-order valence-electron chi connectivity index (χ1n) is 7.18. The van der Waals surface area contributed by atoms with Crippen molar-refractivity contribution in [2.75, 3.05) is 6.61 Å². The summed E-state index contributed by atoms with van der Waals surface area (Å²) in [5.41, 5.74) is -1.59. The minimum absolute atomic E-state index is 0.590. The van der Waals surface area contributed by atoms with Gasteiger partial charge in [0.05, 0.1) is 6.10 Å². The number of ether oxygens (including phenoxy) is 2. The summed E-state index contributed by atoms with van der Waals surface area (Å²) in [6.07, 6.45) is -4.54. The molecule has 12 nitrogen and oxygen atoms in total. The number of H-pyrrole nitrogens is 1. The number of nitrogens with one attached hydrogen (secondary N) is 1. The summed E-state index contributed by atoms with van der Waals surface area (Å²) < 4.78 is 27.0. The van der Waals surface area contributed by atoms with Crippen LogP contribution < -0.4 is 11.2 Å². The molecular weight excluding hydrogens is 363 g/mol. The highest BCUT2D eigenvalue weighted by Crippen LogP contribution is 2.43. The smallest absolute Gasteiger partial charge is 0.385 e. The predicted molar refractivity (Wildman–Crippen MR) is 80.4 cm³/mol. The summed E-state index contributed by atoms with van der Waals surface area (Å²) in [4.78, 5) is 42.7. The Labute approximate surface area is 140 Å². The Morgan fingerprint density at radius 3 is 2.56 bits per heavy atom. The van der Waals surface area contributed by atoms with Crippen molar-refractivity contribution < 1.29 is 38.6 Å². The van der Waals surface area contributed by atoms with E-state index in [4.69, 9.17) is 19.3 Å². The summed E-state index contributed by atoms with van der Waals surface area (Å²) in [6.45, 7) is 2.20. The van der Waals surface area contributed by atoms with E-state index in [9.17, 15) is 24.4 Å². The van der Waals surface area contributed by atoms with Crippen molar-refractivity contribution in [2.45, 2.75) is 44.2 Å². The van der Waals surface area contributed by atoms with Gasteiger partial charge in [-0.3, -0.25) is 18.9 Å². The summed E-state index contributed by atoms with van der Waals surface area (Å²) in [6, 6.07) is 0.999. The minimum atomic E-state index is -4.93. The third kappa shape index (κ3) is 4.43. The van der Waals surface area contributed by atoms with Crippen LogP contribution in [0.3, 0.4) is 0 Å². The van der Waals surface area contributed by atoms with Crippen molar-refractivity contribution in [3.63, 3.8) is 0 Å². The molecule has 1 fully saturated rings. The average molecular weight is 382 g/mol. The van der Waals surface area contributed by atoms with Gasteiger partial charge >= 0.3 is 13.5 Å². The van der Waals surface area contributed by atoms with Crippen LogP contribution >= 0.6 is 7.82 Å². The molecule has 1 aromatic heterocycles. The fourth-order valence-electron chi connectivity index (χ4n) is 2.43. The molecule has 25 heavy (non-hydrogen) atoms. The van der Waals surface area contributed by atoms with Gasteiger partial charge in [0.15, 0.2) is 6.23 Å². The van der Waals surface area contributed by atoms with E-state index in [1.807, 2.05) is 4.98 Å². The first kappa shape index (κ1) is 19.9. The second-order valence-corrected chi connectivity index (χ2v) is 6.94. The third-order valence-corrected chi connectivity index (χ3v) is 3.85. The Hall–Kier alpha value is -1.37. The highest BCUT2D eigenvalue weighted by atomic mass is 31.2. The lowest BCUT2D eigenvalue weighted by molar-refractivity contribution is -0.292. The SMILES string of the molecule is CC(C)O[C@]1(COP(=O)(O)O)O[C@@H](n2ccc(=O)[nH]c2=O)[C@H](O)[C@@H]1O. The number of aliphatic hydroxyl groups excluding tert-OH is 2. The van der Waals surface area contributed by atoms with Crippen LogP contribution in [0.5, 0.6) is 0 Å². The number of rotatable bonds is 6. The van der Waals surface area contributed by atoms with Crippen LogP contribution in [0.1, 0.15) is 20.1 Å². The largest absolute Gasteiger partial charge is 0.469 e. The molecule has 1 aromatic rings. The highest BCUT2D eigenvalue weighted by molar-refractivity contribution is 7.46. The Balaban J connectivity index is 2.39. The molecule has 5 N–H and O–H groups in total. The van der Waals surface area contributed by atoms with Gasteiger partial charge in [-0.15, -0.1) is 0 Å². The maximum atomic E-state index is 11.9. The molecule has 0 radical (unpaired) electrons. The molecule has 4 atom stereocenters. The molecule has 1 aliphatic heterocycles. The van der Waals surface area contributed by atoms with E-state index in [-0.39, 0.29) is 0 Å². The van der Waals surface area contributed by atoms with Crippen LogP contribution in [0, 0.1) is 0 Å². The predicted octanol–water partition coefficient (Wildman–Crippen LogP) is -1.98. The van der Waals surface area contributed by atoms with Crippen LogP contribution in [0.4, 0.5) is 0 Å². The van der Waals surface area contributed by atoms with Gasteiger partial charge in [0.2, 0.25) is 5.79 Å². The molecule has 142 valence electrons. The van der Waals surface area contributed by atoms with Gasteiger partial charge < -0.3 is 29.5 Å². The maximum Gasteiger partial charge on any atom is 0.469 e. The number of hydrogen-bond donors (Lipinski definition) is 5. The Morgan fingerprint density at radius 1 is 1.40 bits per heavy atom. The van der Waals surface area contributed by atoms with E-state index in [1.165, 1.54) is 0 Å². The molecular formula is C12H19N2O10P. The van der Waals surface area contributed by atoms with Gasteiger partial charge in [0, 0.05) is 12.3 Å². The van der Waals surface area contributed by atoms with Crippen molar-refractivity contribution in [1.29, 1.82) is 0 Å². The molecule has 0 unspecified atom stereocenters. The third-order valence-electron chi connectivity index (χ3n) is 3.38. The number of aromatic nitrogens is 2. The molecule has 13 heteroatoms. The lowest BCUT2D eigenvalue weighted by Crippen LogP contribution is -2.50. The summed E-state index contributed by atoms with van der Waals surface area (Å²) in [7, 11) is -4.93. The molecule has 0 aromatic carbocycles. The Bertz CT molecular complexity index is 770. The summed E-state index contributed by atoms with van der Waals surface area (Å²) in [5.74, 6) is -2.14. The number of phosphoric ester groups is 1. The minimum Gasteiger partial charge on any atom is -0.385 e. The average Bonchev–Trinajstić information content (AvgIpc) is 2.70. The molecule has 2 heterocycles. The molecule has 0 spiro atoms. The second kappa shape index (κ2) is 7.09. The monoisotopic (exact) mass is 382 g/mol. The van der Waals surface area contributed by atoms with Crippen molar-refractivity contribution in [3.8, 4) is 0 Å². The zero-order chi connectivity index (χ0) is 19.0. The van der Waals surface area contributed by atoms with E-state index in [0.29, 0.717) is 0 Å². The van der Waals surface area contributed by atoms with Crippen LogP contribution in [0.25, 0.3) is 0 Å². The quantitative estimate of drug-likeness (QED) is 0.346. The van der Waals surface area contributed by atoms with E-state index in [0.717, 1.165) is 16.8 Å². The van der Waals surface area contributed by atoms with Gasteiger partial charge in [-0.05, 0) is 13.8 Å². The van der Waals surface area contributed by atoms with Crippen molar-refractivity contribution in [3.05, 3.63) is 33.1 Å². The first-order valence-corrected chi connectivity index (χ1v) is 8.71. The van der Waals surface area contributed by atoms with E-state index >= 15 is 0 Å². The molecule has 2 rings (SSSR count). The topological polar surface area (TPSA) is 181 Å². The number of phosphoric acid groups is 1. The zero-order valence-corrected chi connectivity index (χ0v) is 14.2. The maximum absolute atomic E-state index is 11.9. The number of hydrogen-bond acceptors (Lipinski definition) is 8. The number of aliphatic hydroxyl groups is 2. The second-order valence-electron chi connectivity index (χ2n) is 5.70. The lowest BCUT2D eigenvalue weighted by Gasteiger charge is -2.33. The fraction of sp³-hybridized carbons (Fsp3) is 0.667. The molecule has 0 saturated carbocycles. The molecule has 1 saturated heterocycles. The van der Waals surface area contributed by atoms with Gasteiger partial charge in [-0.1, -0.05) is 0 Å². The van der Waals surface area contributed by atoms with Gasteiger partial charge in [-0.2, -0.15) is 0 Å². The van der Waals surface area contributed by atoms with Crippen molar-refractivity contribution >= 4 is 7.82 Å². The first-order chi connectivity index (χ1) is 11.4. The Morgan fingerprint density at radius 2 is 2.04 bits per heavy atom. The normalized spacial score (nSPS) is 30.1. The summed E-state index contributed by atoms with van der Waals surface area (Å²) >= 11 is 0.